The first-order chi connectivity index (χ1) is 11.5. The number of aryl methyl sites for hydroxylation is 1. The number of hydrogen-bond donors (Lipinski definition) is 1. The molecule has 3 rings (SSSR count). The Bertz CT molecular complexity index is 938. The lowest BCUT2D eigenvalue weighted by Gasteiger charge is -2.13. The molecule has 0 radical (unpaired) electrons. The average molecular weight is 325 g/mol. The number of amides is 1. The van der Waals surface area contributed by atoms with Gasteiger partial charge >= 0.3 is 5.69 Å². The van der Waals surface area contributed by atoms with Gasteiger partial charge in [0.05, 0.1) is 5.52 Å². The number of anilines is 2. The first-order valence-corrected chi connectivity index (χ1v) is 7.55. The molecule has 0 aliphatic heterocycles. The lowest BCUT2D eigenvalue weighted by Crippen LogP contribution is -2.28. The third-order valence-corrected chi connectivity index (χ3v) is 3.86. The number of rotatable bonds is 4. The number of imidazole rings is 1. The van der Waals surface area contributed by atoms with Crippen LogP contribution in [-0.4, -0.2) is 34.1 Å². The van der Waals surface area contributed by atoms with Crippen molar-refractivity contribution >= 4 is 28.4 Å². The molecule has 1 amide bonds. The van der Waals surface area contributed by atoms with Crippen LogP contribution in [0.2, 0.25) is 0 Å². The summed E-state index contributed by atoms with van der Waals surface area (Å²) in [5.41, 5.74) is 2.68. The van der Waals surface area contributed by atoms with Crippen molar-refractivity contribution in [2.24, 2.45) is 7.05 Å². The fraction of sp³-hybridized carbons (Fsp3) is 0.235. The molecule has 7 heteroatoms. The molecule has 2 heterocycles. The second-order valence-corrected chi connectivity index (χ2v) is 5.76. The monoisotopic (exact) mass is 325 g/mol. The number of nitrogens with one attached hydrogen (secondary N) is 1. The van der Waals surface area contributed by atoms with E-state index in [-0.39, 0.29) is 18.1 Å². The maximum Gasteiger partial charge on any atom is 0.330 e. The smallest absolute Gasteiger partial charge is 0.330 e. The number of nitrogens with zero attached hydrogens (tertiary/aromatic N) is 4. The van der Waals surface area contributed by atoms with Crippen LogP contribution in [0.25, 0.3) is 11.2 Å². The van der Waals surface area contributed by atoms with E-state index in [1.54, 1.807) is 25.4 Å². The van der Waals surface area contributed by atoms with Gasteiger partial charge in [-0.05, 0) is 36.4 Å². The summed E-state index contributed by atoms with van der Waals surface area (Å²) in [6.45, 7) is -0.0582. The van der Waals surface area contributed by atoms with E-state index in [0.29, 0.717) is 16.9 Å². The predicted molar refractivity (Wildman–Crippen MR) is 94.4 cm³/mol. The van der Waals surface area contributed by atoms with Crippen LogP contribution in [0.4, 0.5) is 11.4 Å². The van der Waals surface area contributed by atoms with E-state index in [0.717, 1.165) is 5.69 Å². The Morgan fingerprint density at radius 1 is 1.21 bits per heavy atom. The zero-order valence-electron chi connectivity index (χ0n) is 13.9. The minimum atomic E-state index is -0.262. The molecule has 0 saturated carbocycles. The summed E-state index contributed by atoms with van der Waals surface area (Å²) in [6, 6.07) is 11.0. The van der Waals surface area contributed by atoms with E-state index in [4.69, 9.17) is 0 Å². The van der Waals surface area contributed by atoms with Crippen LogP contribution in [0.3, 0.4) is 0 Å². The van der Waals surface area contributed by atoms with Crippen molar-refractivity contribution in [2.45, 2.75) is 6.54 Å². The molecule has 7 nitrogen and oxygen atoms in total. The molecular weight excluding hydrogens is 306 g/mol. The van der Waals surface area contributed by atoms with Crippen LogP contribution >= 0.6 is 0 Å². The van der Waals surface area contributed by atoms with Gasteiger partial charge in [-0.3, -0.25) is 13.9 Å². The number of aromatic nitrogens is 3. The van der Waals surface area contributed by atoms with E-state index in [1.165, 1.54) is 9.13 Å². The highest BCUT2D eigenvalue weighted by atomic mass is 16.2. The van der Waals surface area contributed by atoms with Crippen molar-refractivity contribution in [1.82, 2.24) is 14.1 Å². The maximum absolute atomic E-state index is 12.3. The van der Waals surface area contributed by atoms with E-state index >= 15 is 0 Å². The number of pyridine rings is 1. The Morgan fingerprint density at radius 3 is 2.58 bits per heavy atom. The summed E-state index contributed by atoms with van der Waals surface area (Å²) in [7, 11) is 5.55. The lowest BCUT2D eigenvalue weighted by molar-refractivity contribution is -0.116. The zero-order valence-corrected chi connectivity index (χ0v) is 13.9. The number of carbonyl (C=O) groups is 1. The summed E-state index contributed by atoms with van der Waals surface area (Å²) in [5, 5.41) is 2.81. The molecule has 1 N–H and O–H groups in total. The molecule has 0 saturated heterocycles. The van der Waals surface area contributed by atoms with Gasteiger partial charge in [0.1, 0.15) is 6.54 Å². The van der Waals surface area contributed by atoms with Gasteiger partial charge in [0.2, 0.25) is 5.91 Å². The molecule has 0 fully saturated rings. The standard InChI is InChI=1S/C17H19N5O2/c1-20(2)13-8-6-12(7-9-13)19-15(23)11-22-14-5-4-10-18-16(14)21(3)17(22)24/h4-10H,11H2,1-3H3,(H,19,23). The quantitative estimate of drug-likeness (QED) is 0.788. The minimum absolute atomic E-state index is 0.0582. The second-order valence-electron chi connectivity index (χ2n) is 5.76. The Morgan fingerprint density at radius 2 is 1.92 bits per heavy atom. The highest BCUT2D eigenvalue weighted by Gasteiger charge is 2.14. The van der Waals surface area contributed by atoms with Crippen molar-refractivity contribution < 1.29 is 4.79 Å². The van der Waals surface area contributed by atoms with Gasteiger partial charge in [0.25, 0.3) is 0 Å². The number of benzene rings is 1. The van der Waals surface area contributed by atoms with Gasteiger partial charge in [-0.15, -0.1) is 0 Å². The molecule has 0 atom stereocenters. The van der Waals surface area contributed by atoms with Crippen molar-refractivity contribution in [3.63, 3.8) is 0 Å². The molecule has 1 aromatic carbocycles. The fourth-order valence-electron chi connectivity index (χ4n) is 2.57. The molecule has 124 valence electrons. The molecule has 24 heavy (non-hydrogen) atoms. The number of carbonyl (C=O) groups excluding carboxylic acids is 1. The normalized spacial score (nSPS) is 10.8. The van der Waals surface area contributed by atoms with Crippen LogP contribution in [0, 0.1) is 0 Å². The molecule has 3 aromatic rings. The van der Waals surface area contributed by atoms with Crippen LogP contribution in [0.5, 0.6) is 0 Å². The zero-order chi connectivity index (χ0) is 17.3. The minimum Gasteiger partial charge on any atom is -0.378 e. The molecular formula is C17H19N5O2. The predicted octanol–water partition coefficient (Wildman–Crippen LogP) is 1.44. The Labute approximate surface area is 139 Å². The molecule has 0 aliphatic carbocycles. The van der Waals surface area contributed by atoms with Crippen LogP contribution in [0.1, 0.15) is 0 Å². The summed E-state index contributed by atoms with van der Waals surface area (Å²) in [5.74, 6) is -0.258. The van der Waals surface area contributed by atoms with Gasteiger partial charge in [-0.2, -0.15) is 0 Å². The molecule has 0 bridgehead atoms. The first-order valence-electron chi connectivity index (χ1n) is 7.55. The van der Waals surface area contributed by atoms with E-state index in [1.807, 2.05) is 43.3 Å². The van der Waals surface area contributed by atoms with Crippen LogP contribution < -0.4 is 15.9 Å². The van der Waals surface area contributed by atoms with Crippen molar-refractivity contribution in [3.05, 3.63) is 53.1 Å². The SMILES string of the molecule is CN(C)c1ccc(NC(=O)Cn2c(=O)n(C)c3ncccc32)cc1. The Balaban J connectivity index is 1.80. The first kappa shape index (κ1) is 15.8. The van der Waals surface area contributed by atoms with Gasteiger partial charge in [0.15, 0.2) is 5.65 Å². The van der Waals surface area contributed by atoms with Crippen LogP contribution in [-0.2, 0) is 18.4 Å². The van der Waals surface area contributed by atoms with Crippen molar-refractivity contribution in [1.29, 1.82) is 0 Å². The molecule has 2 aromatic heterocycles. The van der Waals surface area contributed by atoms with Crippen LogP contribution in [0.15, 0.2) is 47.4 Å². The highest BCUT2D eigenvalue weighted by molar-refractivity contribution is 5.91. The molecule has 0 spiro atoms. The Kier molecular flexibility index (Phi) is 4.07. The Hall–Kier alpha value is -3.09. The third kappa shape index (κ3) is 2.88. The van der Waals surface area contributed by atoms with E-state index in [9.17, 15) is 9.59 Å². The summed E-state index contributed by atoms with van der Waals surface area (Å²) in [6.07, 6.45) is 1.62. The third-order valence-electron chi connectivity index (χ3n) is 3.86. The largest absolute Gasteiger partial charge is 0.378 e. The van der Waals surface area contributed by atoms with E-state index < -0.39 is 0 Å². The van der Waals surface area contributed by atoms with Gasteiger partial charge in [0, 0.05) is 38.7 Å². The maximum atomic E-state index is 12.3. The van der Waals surface area contributed by atoms with Gasteiger partial charge in [-0.1, -0.05) is 0 Å². The summed E-state index contributed by atoms with van der Waals surface area (Å²) >= 11 is 0. The lowest BCUT2D eigenvalue weighted by atomic mass is 10.2. The van der Waals surface area contributed by atoms with Gasteiger partial charge < -0.3 is 10.2 Å². The highest BCUT2D eigenvalue weighted by Crippen LogP contribution is 2.16. The van der Waals surface area contributed by atoms with E-state index in [2.05, 4.69) is 10.3 Å². The fourth-order valence-corrected chi connectivity index (χ4v) is 2.57. The van der Waals surface area contributed by atoms with Crippen molar-refractivity contribution in [2.75, 3.05) is 24.3 Å². The molecule has 0 unspecified atom stereocenters. The summed E-state index contributed by atoms with van der Waals surface area (Å²) < 4.78 is 2.86. The summed E-state index contributed by atoms with van der Waals surface area (Å²) in [4.78, 5) is 30.8. The average Bonchev–Trinajstić information content (AvgIpc) is 2.81. The topological polar surface area (TPSA) is 72.2 Å². The second kappa shape index (κ2) is 6.19. The number of fused-ring (bicyclic) bond motifs is 1. The van der Waals surface area contributed by atoms with Crippen molar-refractivity contribution in [3.8, 4) is 0 Å². The number of hydrogen-bond acceptors (Lipinski definition) is 4. The molecule has 0 aliphatic rings. The van der Waals surface area contributed by atoms with Gasteiger partial charge in [-0.25, -0.2) is 9.78 Å².